The average molecular weight is 720 g/mol. The van der Waals surface area contributed by atoms with E-state index in [-0.39, 0.29) is 23.6 Å². The molecule has 0 aliphatic rings. The summed E-state index contributed by atoms with van der Waals surface area (Å²) in [6, 6.07) is 35.9. The minimum absolute atomic E-state index is 0.0595. The fourth-order valence-electron chi connectivity index (χ4n) is 5.49. The van der Waals surface area contributed by atoms with E-state index in [1.807, 2.05) is 91.0 Å². The van der Waals surface area contributed by atoms with Gasteiger partial charge in [-0.15, -0.1) is 0 Å². The second kappa shape index (κ2) is 17.3. The summed E-state index contributed by atoms with van der Waals surface area (Å²) in [5.41, 5.74) is 4.59. The summed E-state index contributed by atoms with van der Waals surface area (Å²) in [5, 5.41) is 15.5. The number of carbonyl (C=O) groups excluding carboxylic acids is 2. The van der Waals surface area contributed by atoms with Crippen LogP contribution in [0.4, 0.5) is 5.69 Å². The number of unbranched alkanes of at least 4 members (excludes halogenated alkanes) is 3. The zero-order valence-corrected chi connectivity index (χ0v) is 28.9. The molecule has 0 aliphatic carbocycles. The van der Waals surface area contributed by atoms with Crippen LogP contribution < -0.4 is 15.4 Å². The van der Waals surface area contributed by atoms with Crippen LogP contribution in [0, 0.1) is 0 Å². The number of carbonyl (C=O) groups is 3. The van der Waals surface area contributed by atoms with Gasteiger partial charge in [0.05, 0.1) is 11.3 Å². The molecule has 5 aromatic rings. The number of rotatable bonds is 15. The Kier molecular flexibility index (Phi) is 12.4. The lowest BCUT2D eigenvalue weighted by molar-refractivity contribution is -0.139. The molecule has 1 unspecified atom stereocenters. The molecule has 5 rings (SSSR count). The number of carboxylic acids is 1. The van der Waals surface area contributed by atoms with Gasteiger partial charge in [-0.25, -0.2) is 4.79 Å². The van der Waals surface area contributed by atoms with Crippen LogP contribution in [0.3, 0.4) is 0 Å². The highest BCUT2D eigenvalue weighted by Crippen LogP contribution is 2.33. The van der Waals surface area contributed by atoms with Crippen LogP contribution in [0.5, 0.6) is 11.5 Å². The van der Waals surface area contributed by atoms with Gasteiger partial charge < -0.3 is 20.5 Å². The molecule has 0 aromatic heterocycles. The summed E-state index contributed by atoms with van der Waals surface area (Å²) >= 11 is 3.39. The molecule has 0 saturated carbocycles. The number of amides is 2. The summed E-state index contributed by atoms with van der Waals surface area (Å²) in [5.74, 6) is -0.727. The Labute approximate surface area is 295 Å². The first kappa shape index (κ1) is 35.1. The van der Waals surface area contributed by atoms with Crippen LogP contribution in [0.25, 0.3) is 11.1 Å². The van der Waals surface area contributed by atoms with Gasteiger partial charge in [0, 0.05) is 22.0 Å². The van der Waals surface area contributed by atoms with Gasteiger partial charge in [-0.2, -0.15) is 0 Å². The SMILES string of the molecule is CCCCCCc1ccc(C(=O)Nc2ccc(Br)cc2C(=O)NC(Cc2ccc(-c3ccccc3Oc3ccccc3)cc2)C(=O)O)cc1. The number of aryl methyl sites for hydroxylation is 1. The van der Waals surface area contributed by atoms with Crippen LogP contribution in [0.1, 0.15) is 64.4 Å². The maximum absolute atomic E-state index is 13.5. The van der Waals surface area contributed by atoms with Crippen LogP contribution in [0.2, 0.25) is 0 Å². The molecule has 49 heavy (non-hydrogen) atoms. The van der Waals surface area contributed by atoms with E-state index in [0.717, 1.165) is 35.3 Å². The molecular formula is C41H39BrN2O5. The predicted molar refractivity (Wildman–Crippen MR) is 197 cm³/mol. The lowest BCUT2D eigenvalue weighted by Gasteiger charge is -2.17. The average Bonchev–Trinajstić information content (AvgIpc) is 3.12. The highest BCUT2D eigenvalue weighted by molar-refractivity contribution is 9.10. The number of ether oxygens (including phenoxy) is 1. The van der Waals surface area contributed by atoms with Gasteiger partial charge in [0.2, 0.25) is 0 Å². The number of carboxylic acid groups (broad SMARTS) is 1. The number of hydrogen-bond acceptors (Lipinski definition) is 4. The molecule has 8 heteroatoms. The van der Waals surface area contributed by atoms with Crippen LogP contribution in [-0.4, -0.2) is 28.9 Å². The van der Waals surface area contributed by atoms with Gasteiger partial charge in [0.25, 0.3) is 11.8 Å². The Morgan fingerprint density at radius 3 is 2.16 bits per heavy atom. The van der Waals surface area contributed by atoms with E-state index < -0.39 is 17.9 Å². The second-order valence-corrected chi connectivity index (χ2v) is 12.7. The number of anilines is 1. The van der Waals surface area contributed by atoms with Crippen molar-refractivity contribution >= 4 is 39.4 Å². The molecule has 250 valence electrons. The van der Waals surface area contributed by atoms with Gasteiger partial charge in [0.1, 0.15) is 17.5 Å². The molecule has 0 fully saturated rings. The van der Waals surface area contributed by atoms with Crippen molar-refractivity contribution in [2.75, 3.05) is 5.32 Å². The number of nitrogens with one attached hydrogen (secondary N) is 2. The largest absolute Gasteiger partial charge is 0.480 e. The molecule has 0 aliphatic heterocycles. The highest BCUT2D eigenvalue weighted by Gasteiger charge is 2.24. The molecule has 2 amide bonds. The maximum atomic E-state index is 13.5. The third-order valence-electron chi connectivity index (χ3n) is 8.18. The smallest absolute Gasteiger partial charge is 0.326 e. The first-order chi connectivity index (χ1) is 23.8. The summed E-state index contributed by atoms with van der Waals surface area (Å²) < 4.78 is 6.73. The van der Waals surface area contributed by atoms with Gasteiger partial charge in [-0.05, 0) is 78.1 Å². The number of aliphatic carboxylic acids is 1. The van der Waals surface area contributed by atoms with Crippen molar-refractivity contribution in [3.8, 4) is 22.6 Å². The molecule has 0 spiro atoms. The Morgan fingerprint density at radius 2 is 1.45 bits per heavy atom. The van der Waals surface area contributed by atoms with Crippen molar-refractivity contribution in [3.05, 3.63) is 148 Å². The van der Waals surface area contributed by atoms with Gasteiger partial charge in [0.15, 0.2) is 0 Å². The van der Waals surface area contributed by atoms with Crippen LogP contribution in [-0.2, 0) is 17.6 Å². The molecule has 5 aromatic carbocycles. The Bertz CT molecular complexity index is 1880. The monoisotopic (exact) mass is 718 g/mol. The lowest BCUT2D eigenvalue weighted by atomic mass is 9.99. The number of hydrogen-bond donors (Lipinski definition) is 3. The van der Waals surface area contributed by atoms with Crippen molar-refractivity contribution in [1.29, 1.82) is 0 Å². The van der Waals surface area contributed by atoms with Crippen LogP contribution in [0.15, 0.2) is 126 Å². The van der Waals surface area contributed by atoms with Gasteiger partial charge in [-0.3, -0.25) is 9.59 Å². The normalized spacial score (nSPS) is 11.4. The van der Waals surface area contributed by atoms with E-state index >= 15 is 0 Å². The number of halogens is 1. The molecule has 1 atom stereocenters. The van der Waals surface area contributed by atoms with E-state index in [1.54, 1.807) is 30.3 Å². The minimum atomic E-state index is -1.21. The molecule has 0 heterocycles. The van der Waals surface area contributed by atoms with E-state index in [2.05, 4.69) is 33.5 Å². The standard InChI is InChI=1S/C41H39BrN2O5/c1-2-3-4-6-11-28-16-22-31(23-17-28)39(45)43-36-25-24-32(42)27-35(36)40(46)44-37(41(47)48)26-29-18-20-30(21-19-29)34-14-9-10-15-38(34)49-33-12-7-5-8-13-33/h5,7-10,12-25,27,37H,2-4,6,11,26H2,1H3,(H,43,45)(H,44,46)(H,47,48). The quantitative estimate of drug-likeness (QED) is 0.0935. The van der Waals surface area contributed by atoms with Crippen molar-refractivity contribution in [2.24, 2.45) is 0 Å². The summed E-state index contributed by atoms with van der Waals surface area (Å²) in [6.45, 7) is 2.18. The van der Waals surface area contributed by atoms with Crippen LogP contribution >= 0.6 is 15.9 Å². The molecule has 0 bridgehead atoms. The lowest BCUT2D eigenvalue weighted by Crippen LogP contribution is -2.42. The zero-order chi connectivity index (χ0) is 34.6. The van der Waals surface area contributed by atoms with Gasteiger partial charge in [-0.1, -0.05) is 115 Å². The van der Waals surface area contributed by atoms with E-state index in [0.29, 0.717) is 15.8 Å². The Hall–Kier alpha value is -5.21. The minimum Gasteiger partial charge on any atom is -0.480 e. The van der Waals surface area contributed by atoms with Crippen molar-refractivity contribution < 1.29 is 24.2 Å². The van der Waals surface area contributed by atoms with Crippen molar-refractivity contribution in [1.82, 2.24) is 5.32 Å². The van der Waals surface area contributed by atoms with Crippen molar-refractivity contribution in [2.45, 2.75) is 51.5 Å². The van der Waals surface area contributed by atoms with Crippen molar-refractivity contribution in [3.63, 3.8) is 0 Å². The highest BCUT2D eigenvalue weighted by atomic mass is 79.9. The third kappa shape index (κ3) is 9.90. The first-order valence-electron chi connectivity index (χ1n) is 16.5. The van der Waals surface area contributed by atoms with E-state index in [1.165, 1.54) is 24.8 Å². The fraction of sp³-hybridized carbons (Fsp3) is 0.195. The summed E-state index contributed by atoms with van der Waals surface area (Å²) in [6.07, 6.45) is 5.71. The maximum Gasteiger partial charge on any atom is 0.326 e. The number of para-hydroxylation sites is 2. The molecule has 0 saturated heterocycles. The molecular weight excluding hydrogens is 680 g/mol. The second-order valence-electron chi connectivity index (χ2n) is 11.8. The molecule has 7 nitrogen and oxygen atoms in total. The first-order valence-corrected chi connectivity index (χ1v) is 17.2. The van der Waals surface area contributed by atoms with E-state index in [4.69, 9.17) is 4.74 Å². The van der Waals surface area contributed by atoms with E-state index in [9.17, 15) is 19.5 Å². The topological polar surface area (TPSA) is 105 Å². The Balaban J connectivity index is 1.25. The zero-order valence-electron chi connectivity index (χ0n) is 27.3. The Morgan fingerprint density at radius 1 is 0.755 bits per heavy atom. The molecule has 0 radical (unpaired) electrons. The summed E-state index contributed by atoms with van der Waals surface area (Å²) in [4.78, 5) is 38.9. The third-order valence-corrected chi connectivity index (χ3v) is 8.67. The predicted octanol–water partition coefficient (Wildman–Crippen LogP) is 9.71. The van der Waals surface area contributed by atoms with Gasteiger partial charge >= 0.3 is 5.97 Å². The number of benzene rings is 5. The fourth-order valence-corrected chi connectivity index (χ4v) is 5.85. The molecule has 3 N–H and O–H groups in total. The summed E-state index contributed by atoms with van der Waals surface area (Å²) in [7, 11) is 0.